The minimum Gasteiger partial charge on any atom is -0.495 e. The fourth-order valence-corrected chi connectivity index (χ4v) is 2.20. The standard InChI is InChI=1S/C13H16N4O2S/c1-17-7-10(15-12(14)13(17)18)8-4-5-11(19-2)9(6-8)16-20-3/h4-7,16H,1-3H3,(H2,14,15). The number of nitrogen functional groups attached to an aromatic ring is 1. The Morgan fingerprint density at radius 2 is 2.20 bits per heavy atom. The SMILES string of the molecule is COc1ccc(-c2cn(C)c(=O)c(N)n2)cc1NSC. The molecule has 1 aromatic carbocycles. The molecule has 7 heteroatoms. The third-order valence-corrected chi connectivity index (χ3v) is 3.23. The van der Waals surface area contributed by atoms with Crippen molar-refractivity contribution < 1.29 is 4.74 Å². The van der Waals surface area contributed by atoms with Crippen molar-refractivity contribution in [2.45, 2.75) is 0 Å². The van der Waals surface area contributed by atoms with Gasteiger partial charge in [0.05, 0.1) is 18.5 Å². The third-order valence-electron chi connectivity index (χ3n) is 2.80. The van der Waals surface area contributed by atoms with E-state index in [1.165, 1.54) is 16.5 Å². The molecule has 0 aliphatic rings. The summed E-state index contributed by atoms with van der Waals surface area (Å²) in [5.74, 6) is 0.723. The van der Waals surface area contributed by atoms with E-state index in [0.717, 1.165) is 17.0 Å². The lowest BCUT2D eigenvalue weighted by Gasteiger charge is -2.11. The van der Waals surface area contributed by atoms with Gasteiger partial charge in [-0.1, -0.05) is 11.9 Å². The molecule has 0 saturated carbocycles. The monoisotopic (exact) mass is 292 g/mol. The molecule has 0 aliphatic heterocycles. The van der Waals surface area contributed by atoms with Gasteiger partial charge in [0.1, 0.15) is 5.75 Å². The van der Waals surface area contributed by atoms with Gasteiger partial charge in [0.15, 0.2) is 5.82 Å². The summed E-state index contributed by atoms with van der Waals surface area (Å²) >= 11 is 1.47. The van der Waals surface area contributed by atoms with Gasteiger partial charge in [-0.15, -0.1) is 0 Å². The van der Waals surface area contributed by atoms with E-state index in [2.05, 4.69) is 9.71 Å². The molecular formula is C13H16N4O2S. The fraction of sp³-hybridized carbons (Fsp3) is 0.231. The maximum atomic E-state index is 11.6. The number of rotatable bonds is 4. The lowest BCUT2D eigenvalue weighted by atomic mass is 10.1. The second kappa shape index (κ2) is 5.87. The van der Waals surface area contributed by atoms with Crippen LogP contribution in [0, 0.1) is 0 Å². The number of benzene rings is 1. The maximum Gasteiger partial charge on any atom is 0.292 e. The van der Waals surface area contributed by atoms with Crippen molar-refractivity contribution in [3.05, 3.63) is 34.7 Å². The van der Waals surface area contributed by atoms with Gasteiger partial charge < -0.3 is 19.8 Å². The van der Waals surface area contributed by atoms with E-state index >= 15 is 0 Å². The van der Waals surface area contributed by atoms with Crippen LogP contribution < -0.4 is 20.8 Å². The largest absolute Gasteiger partial charge is 0.495 e. The van der Waals surface area contributed by atoms with Crippen LogP contribution in [0.4, 0.5) is 11.5 Å². The van der Waals surface area contributed by atoms with E-state index in [9.17, 15) is 4.79 Å². The van der Waals surface area contributed by atoms with Gasteiger partial charge in [0.2, 0.25) is 0 Å². The molecule has 3 N–H and O–H groups in total. The second-order valence-electron chi connectivity index (χ2n) is 4.15. The smallest absolute Gasteiger partial charge is 0.292 e. The van der Waals surface area contributed by atoms with Crippen LogP contribution in [0.2, 0.25) is 0 Å². The quantitative estimate of drug-likeness (QED) is 0.835. The first-order valence-electron chi connectivity index (χ1n) is 5.87. The maximum absolute atomic E-state index is 11.6. The van der Waals surface area contributed by atoms with Gasteiger partial charge in [0.25, 0.3) is 5.56 Å². The molecule has 0 bridgehead atoms. The highest BCUT2D eigenvalue weighted by Gasteiger charge is 2.09. The molecule has 0 amide bonds. The molecule has 0 fully saturated rings. The number of hydrogen-bond acceptors (Lipinski definition) is 6. The molecule has 0 spiro atoms. The van der Waals surface area contributed by atoms with Gasteiger partial charge in [-0.05, 0) is 18.2 Å². The summed E-state index contributed by atoms with van der Waals surface area (Å²) in [5, 5.41) is 0. The molecule has 1 aromatic heterocycles. The average Bonchev–Trinajstić information content (AvgIpc) is 2.44. The first-order chi connectivity index (χ1) is 9.56. The predicted octanol–water partition coefficient (Wildman–Crippen LogP) is 1.73. The summed E-state index contributed by atoms with van der Waals surface area (Å²) < 4.78 is 9.84. The van der Waals surface area contributed by atoms with Gasteiger partial charge >= 0.3 is 0 Å². The van der Waals surface area contributed by atoms with Crippen molar-refractivity contribution in [1.29, 1.82) is 0 Å². The number of nitrogens with one attached hydrogen (secondary N) is 1. The van der Waals surface area contributed by atoms with Crippen molar-refractivity contribution in [3.63, 3.8) is 0 Å². The van der Waals surface area contributed by atoms with Gasteiger partial charge in [0, 0.05) is 25.1 Å². The number of methoxy groups -OCH3 is 1. The van der Waals surface area contributed by atoms with E-state index in [4.69, 9.17) is 10.5 Å². The molecule has 0 unspecified atom stereocenters. The van der Waals surface area contributed by atoms with Crippen LogP contribution in [0.15, 0.2) is 29.2 Å². The molecule has 0 saturated heterocycles. The predicted molar refractivity (Wildman–Crippen MR) is 83.0 cm³/mol. The summed E-state index contributed by atoms with van der Waals surface area (Å²) in [6.45, 7) is 0. The normalized spacial score (nSPS) is 10.3. The third kappa shape index (κ3) is 2.72. The molecule has 106 valence electrons. The Balaban J connectivity index is 2.53. The molecule has 2 aromatic rings. The molecule has 0 aliphatic carbocycles. The van der Waals surface area contributed by atoms with Crippen LogP contribution in [-0.2, 0) is 7.05 Å². The molecule has 6 nitrogen and oxygen atoms in total. The lowest BCUT2D eigenvalue weighted by molar-refractivity contribution is 0.417. The van der Waals surface area contributed by atoms with Crippen molar-refractivity contribution in [2.24, 2.45) is 7.05 Å². The number of aromatic nitrogens is 2. The topological polar surface area (TPSA) is 82.2 Å². The highest BCUT2D eigenvalue weighted by atomic mass is 32.2. The molecule has 1 heterocycles. The number of nitrogens with zero attached hydrogens (tertiary/aromatic N) is 2. The van der Waals surface area contributed by atoms with Crippen LogP contribution in [0.5, 0.6) is 5.75 Å². The van der Waals surface area contributed by atoms with Crippen molar-refractivity contribution in [3.8, 4) is 17.0 Å². The van der Waals surface area contributed by atoms with E-state index in [0.29, 0.717) is 5.69 Å². The Hall–Kier alpha value is -2.15. The minimum atomic E-state index is -0.301. The van der Waals surface area contributed by atoms with Gasteiger partial charge in [-0.25, -0.2) is 4.98 Å². The van der Waals surface area contributed by atoms with E-state index in [1.54, 1.807) is 20.4 Å². The molecule has 2 rings (SSSR count). The van der Waals surface area contributed by atoms with Gasteiger partial charge in [-0.2, -0.15) is 0 Å². The Bertz CT molecular complexity index is 658. The first kappa shape index (κ1) is 14.3. The number of nitrogens with two attached hydrogens (primary N) is 1. The van der Waals surface area contributed by atoms with Crippen molar-refractivity contribution in [2.75, 3.05) is 23.8 Å². The molecule has 0 radical (unpaired) electrons. The summed E-state index contributed by atoms with van der Waals surface area (Å²) in [7, 11) is 3.26. The zero-order chi connectivity index (χ0) is 14.7. The second-order valence-corrected chi connectivity index (χ2v) is 4.76. The fourth-order valence-electron chi connectivity index (χ4n) is 1.83. The Kier molecular flexibility index (Phi) is 4.19. The number of anilines is 2. The van der Waals surface area contributed by atoms with Gasteiger partial charge in [-0.3, -0.25) is 4.79 Å². The van der Waals surface area contributed by atoms with E-state index in [1.807, 2.05) is 24.5 Å². The zero-order valence-corrected chi connectivity index (χ0v) is 12.3. The van der Waals surface area contributed by atoms with E-state index < -0.39 is 0 Å². The molecule has 20 heavy (non-hydrogen) atoms. The van der Waals surface area contributed by atoms with Crippen molar-refractivity contribution >= 4 is 23.5 Å². The lowest BCUT2D eigenvalue weighted by Crippen LogP contribution is -2.21. The van der Waals surface area contributed by atoms with Crippen LogP contribution in [0.25, 0.3) is 11.3 Å². The summed E-state index contributed by atoms with van der Waals surface area (Å²) in [4.78, 5) is 15.7. The van der Waals surface area contributed by atoms with Crippen LogP contribution in [0.1, 0.15) is 0 Å². The molecule has 0 atom stereocenters. The van der Waals surface area contributed by atoms with Crippen LogP contribution in [0.3, 0.4) is 0 Å². The van der Waals surface area contributed by atoms with Crippen LogP contribution >= 0.6 is 11.9 Å². The summed E-state index contributed by atoms with van der Waals surface area (Å²) in [5.41, 5.74) is 7.65. The Morgan fingerprint density at radius 1 is 1.45 bits per heavy atom. The Labute approximate surface area is 121 Å². The number of aryl methyl sites for hydroxylation is 1. The summed E-state index contributed by atoms with van der Waals surface area (Å²) in [6, 6.07) is 5.62. The number of ether oxygens (including phenoxy) is 1. The van der Waals surface area contributed by atoms with E-state index in [-0.39, 0.29) is 11.4 Å². The summed E-state index contributed by atoms with van der Waals surface area (Å²) in [6.07, 6.45) is 3.58. The molecular weight excluding hydrogens is 276 g/mol. The highest BCUT2D eigenvalue weighted by molar-refractivity contribution is 7.99. The van der Waals surface area contributed by atoms with Crippen molar-refractivity contribution in [1.82, 2.24) is 9.55 Å². The minimum absolute atomic E-state index is 0.0137. The van der Waals surface area contributed by atoms with Crippen LogP contribution in [-0.4, -0.2) is 22.9 Å². The highest BCUT2D eigenvalue weighted by Crippen LogP contribution is 2.31. The zero-order valence-electron chi connectivity index (χ0n) is 11.5. The average molecular weight is 292 g/mol. The number of hydrogen-bond donors (Lipinski definition) is 2. The Morgan fingerprint density at radius 3 is 2.80 bits per heavy atom. The first-order valence-corrected chi connectivity index (χ1v) is 7.10.